The zero-order valence-corrected chi connectivity index (χ0v) is 8.62. The molecule has 86 valence electrons. The Morgan fingerprint density at radius 1 is 1.53 bits per heavy atom. The maximum Gasteiger partial charge on any atom is 0.397 e. The van der Waals surface area contributed by atoms with Crippen molar-refractivity contribution in [2.45, 2.75) is 31.5 Å². The van der Waals surface area contributed by atoms with Gasteiger partial charge in [0.05, 0.1) is 12.1 Å². The van der Waals surface area contributed by atoms with E-state index in [0.717, 1.165) is 0 Å². The zero-order chi connectivity index (χ0) is 11.6. The number of aryl methyl sites for hydroxylation is 1. The molecule has 0 aliphatic heterocycles. The monoisotopic (exact) mass is 221 g/mol. The van der Waals surface area contributed by atoms with Crippen molar-refractivity contribution in [3.05, 3.63) is 18.0 Å². The van der Waals surface area contributed by atoms with Crippen LogP contribution in [0.1, 0.15) is 24.8 Å². The van der Waals surface area contributed by atoms with Crippen molar-refractivity contribution in [1.82, 2.24) is 9.78 Å². The van der Waals surface area contributed by atoms with Crippen LogP contribution >= 0.6 is 0 Å². The molecule has 6 heteroatoms. The second-order valence-electron chi connectivity index (χ2n) is 3.54. The van der Waals surface area contributed by atoms with Gasteiger partial charge in [0, 0.05) is 24.8 Å². The zero-order valence-electron chi connectivity index (χ0n) is 8.62. The lowest BCUT2D eigenvalue weighted by Crippen LogP contribution is -2.37. The molecule has 1 aromatic heterocycles. The molecule has 1 heterocycles. The number of rotatable bonds is 3. The van der Waals surface area contributed by atoms with Crippen LogP contribution < -0.4 is 5.73 Å². The average molecular weight is 221 g/mol. The summed E-state index contributed by atoms with van der Waals surface area (Å²) in [5, 5.41) is 3.73. The third-order valence-electron chi connectivity index (χ3n) is 2.34. The van der Waals surface area contributed by atoms with Gasteiger partial charge in [-0.3, -0.25) is 4.68 Å². The highest BCUT2D eigenvalue weighted by atomic mass is 19.4. The predicted molar refractivity (Wildman–Crippen MR) is 50.3 cm³/mol. The van der Waals surface area contributed by atoms with Crippen molar-refractivity contribution in [2.75, 3.05) is 0 Å². The van der Waals surface area contributed by atoms with Gasteiger partial charge < -0.3 is 5.73 Å². The van der Waals surface area contributed by atoms with Gasteiger partial charge in [0.25, 0.3) is 0 Å². The van der Waals surface area contributed by atoms with Crippen molar-refractivity contribution >= 4 is 0 Å². The Balaban J connectivity index is 3.01. The molecule has 0 radical (unpaired) electrons. The van der Waals surface area contributed by atoms with Crippen LogP contribution in [0.5, 0.6) is 0 Å². The van der Waals surface area contributed by atoms with Crippen LogP contribution in [0.3, 0.4) is 0 Å². The van der Waals surface area contributed by atoms with Crippen LogP contribution in [-0.2, 0) is 7.05 Å². The molecular formula is C9H14F3N3. The molecule has 0 spiro atoms. The summed E-state index contributed by atoms with van der Waals surface area (Å²) >= 11 is 0. The molecule has 0 saturated carbocycles. The van der Waals surface area contributed by atoms with Gasteiger partial charge in [-0.25, -0.2) is 0 Å². The highest BCUT2D eigenvalue weighted by Crippen LogP contribution is 2.37. The van der Waals surface area contributed by atoms with Gasteiger partial charge in [-0.15, -0.1) is 0 Å². The normalized spacial score (nSPS) is 16.4. The second kappa shape index (κ2) is 4.22. The standard InChI is InChI=1S/C9H14F3N3/c1-3-7(13)8(9(10,11)12)6-4-14-15(2)5-6/h4-5,7-8H,3,13H2,1-2H3. The fourth-order valence-electron chi connectivity index (χ4n) is 1.52. The van der Waals surface area contributed by atoms with E-state index in [2.05, 4.69) is 5.10 Å². The van der Waals surface area contributed by atoms with E-state index in [0.29, 0.717) is 0 Å². The van der Waals surface area contributed by atoms with E-state index in [1.165, 1.54) is 17.1 Å². The van der Waals surface area contributed by atoms with Crippen molar-refractivity contribution in [3.63, 3.8) is 0 Å². The third kappa shape index (κ3) is 2.71. The maximum atomic E-state index is 12.7. The molecule has 0 aliphatic rings. The molecule has 15 heavy (non-hydrogen) atoms. The van der Waals surface area contributed by atoms with E-state index in [1.54, 1.807) is 14.0 Å². The Morgan fingerprint density at radius 3 is 2.47 bits per heavy atom. The molecule has 1 aromatic rings. The molecule has 2 atom stereocenters. The maximum absolute atomic E-state index is 12.7. The summed E-state index contributed by atoms with van der Waals surface area (Å²) in [6.45, 7) is 1.64. The van der Waals surface area contributed by atoms with E-state index in [1.807, 2.05) is 0 Å². The number of aromatic nitrogens is 2. The van der Waals surface area contributed by atoms with Crippen LogP contribution in [0.25, 0.3) is 0 Å². The van der Waals surface area contributed by atoms with E-state index < -0.39 is 18.1 Å². The van der Waals surface area contributed by atoms with Gasteiger partial charge in [-0.2, -0.15) is 18.3 Å². The summed E-state index contributed by atoms with van der Waals surface area (Å²) in [5.41, 5.74) is 5.61. The Kier molecular flexibility index (Phi) is 3.38. The smallest absolute Gasteiger partial charge is 0.327 e. The number of nitrogens with two attached hydrogens (primary N) is 1. The molecule has 0 aliphatic carbocycles. The largest absolute Gasteiger partial charge is 0.397 e. The predicted octanol–water partition coefficient (Wildman–Crippen LogP) is 1.80. The molecule has 2 unspecified atom stereocenters. The van der Waals surface area contributed by atoms with Crippen LogP contribution in [0, 0.1) is 0 Å². The molecular weight excluding hydrogens is 207 g/mol. The summed E-state index contributed by atoms with van der Waals surface area (Å²) in [4.78, 5) is 0. The molecule has 2 N–H and O–H groups in total. The van der Waals surface area contributed by atoms with Crippen LogP contribution in [0.15, 0.2) is 12.4 Å². The highest BCUT2D eigenvalue weighted by Gasteiger charge is 2.44. The van der Waals surface area contributed by atoms with Gasteiger partial charge in [-0.05, 0) is 6.42 Å². The Hall–Kier alpha value is -1.04. The minimum absolute atomic E-state index is 0.124. The molecule has 0 fully saturated rings. The summed E-state index contributed by atoms with van der Waals surface area (Å²) in [6, 6.07) is -0.922. The highest BCUT2D eigenvalue weighted by molar-refractivity contribution is 5.16. The summed E-state index contributed by atoms with van der Waals surface area (Å²) in [6.07, 6.45) is -1.47. The Labute approximate surface area is 86.1 Å². The minimum Gasteiger partial charge on any atom is -0.327 e. The number of hydrogen-bond donors (Lipinski definition) is 1. The summed E-state index contributed by atoms with van der Waals surface area (Å²) < 4.78 is 39.5. The third-order valence-corrected chi connectivity index (χ3v) is 2.34. The number of hydrogen-bond acceptors (Lipinski definition) is 2. The SMILES string of the molecule is CCC(N)C(c1cnn(C)c1)C(F)(F)F. The Bertz CT molecular complexity index is 319. The van der Waals surface area contributed by atoms with E-state index in [4.69, 9.17) is 5.73 Å². The van der Waals surface area contributed by atoms with Crippen molar-refractivity contribution in [3.8, 4) is 0 Å². The number of halogens is 3. The fourth-order valence-corrected chi connectivity index (χ4v) is 1.52. The molecule has 3 nitrogen and oxygen atoms in total. The summed E-state index contributed by atoms with van der Waals surface area (Å²) in [7, 11) is 1.58. The lowest BCUT2D eigenvalue weighted by molar-refractivity contribution is -0.155. The molecule has 0 bridgehead atoms. The van der Waals surface area contributed by atoms with Gasteiger partial charge in [0.1, 0.15) is 0 Å². The first-order valence-electron chi connectivity index (χ1n) is 4.67. The van der Waals surface area contributed by atoms with Gasteiger partial charge in [-0.1, -0.05) is 6.92 Å². The van der Waals surface area contributed by atoms with Crippen molar-refractivity contribution in [1.29, 1.82) is 0 Å². The summed E-state index contributed by atoms with van der Waals surface area (Å²) in [5.74, 6) is -1.63. The van der Waals surface area contributed by atoms with Crippen LogP contribution in [0.2, 0.25) is 0 Å². The van der Waals surface area contributed by atoms with Crippen molar-refractivity contribution < 1.29 is 13.2 Å². The minimum atomic E-state index is -4.32. The molecule has 0 amide bonds. The van der Waals surface area contributed by atoms with Gasteiger partial charge in [0.2, 0.25) is 0 Å². The van der Waals surface area contributed by atoms with E-state index in [-0.39, 0.29) is 12.0 Å². The lowest BCUT2D eigenvalue weighted by atomic mass is 9.92. The van der Waals surface area contributed by atoms with Crippen molar-refractivity contribution in [2.24, 2.45) is 12.8 Å². The topological polar surface area (TPSA) is 43.8 Å². The lowest BCUT2D eigenvalue weighted by Gasteiger charge is -2.24. The first-order chi connectivity index (χ1) is 6.86. The Morgan fingerprint density at radius 2 is 2.13 bits per heavy atom. The first kappa shape index (κ1) is 12.0. The first-order valence-corrected chi connectivity index (χ1v) is 4.67. The number of nitrogens with zero attached hydrogens (tertiary/aromatic N) is 2. The van der Waals surface area contributed by atoms with Crippen LogP contribution in [0.4, 0.5) is 13.2 Å². The fraction of sp³-hybridized carbons (Fsp3) is 0.667. The molecule has 1 rings (SSSR count). The molecule has 0 saturated heterocycles. The second-order valence-corrected chi connectivity index (χ2v) is 3.54. The van der Waals surface area contributed by atoms with Crippen LogP contribution in [-0.4, -0.2) is 22.0 Å². The van der Waals surface area contributed by atoms with Gasteiger partial charge in [0.15, 0.2) is 0 Å². The van der Waals surface area contributed by atoms with E-state index in [9.17, 15) is 13.2 Å². The van der Waals surface area contributed by atoms with Gasteiger partial charge >= 0.3 is 6.18 Å². The number of alkyl halides is 3. The van der Waals surface area contributed by atoms with E-state index >= 15 is 0 Å². The molecule has 0 aromatic carbocycles. The average Bonchev–Trinajstić information content (AvgIpc) is 2.49. The quantitative estimate of drug-likeness (QED) is 0.845.